The highest BCUT2D eigenvalue weighted by Crippen LogP contribution is 2.31. The molecule has 4 aromatic rings. The Morgan fingerprint density at radius 2 is 1.82 bits per heavy atom. The molecule has 0 aliphatic carbocycles. The number of benzene rings is 2. The number of likely N-dealkylation sites (tertiary alicyclic amines) is 1. The maximum Gasteiger partial charge on any atom is 0.239 e. The number of aromatic nitrogens is 3. The van der Waals surface area contributed by atoms with Gasteiger partial charge in [0.05, 0.1) is 23.3 Å². The lowest BCUT2D eigenvalue weighted by Gasteiger charge is -2.29. The van der Waals surface area contributed by atoms with Crippen molar-refractivity contribution in [2.24, 2.45) is 13.0 Å². The number of hydrogen-bond donors (Lipinski definition) is 2. The van der Waals surface area contributed by atoms with Crippen molar-refractivity contribution in [3.63, 3.8) is 0 Å². The SMILES string of the molecule is CC1CCN(CC(=O)Nc2cc(Oc3ccc4c(c3)nc(Nc3cc(C(C)C)c(F)cc3F)n4C)ccn2)CC1. The van der Waals surface area contributed by atoms with E-state index in [1.54, 1.807) is 35.0 Å². The molecule has 2 aromatic heterocycles. The molecular weight excluding hydrogens is 514 g/mol. The number of carbonyl (C=O) groups excluding carboxylic acids is 1. The Bertz CT molecular complexity index is 1530. The highest BCUT2D eigenvalue weighted by molar-refractivity contribution is 5.91. The summed E-state index contributed by atoms with van der Waals surface area (Å²) in [5.74, 6) is 1.13. The average Bonchev–Trinajstić information content (AvgIpc) is 3.21. The van der Waals surface area contributed by atoms with Crippen molar-refractivity contribution in [2.45, 2.75) is 39.5 Å². The van der Waals surface area contributed by atoms with Gasteiger partial charge in [0.25, 0.3) is 0 Å². The second kappa shape index (κ2) is 11.6. The number of carbonyl (C=O) groups is 1. The van der Waals surface area contributed by atoms with Gasteiger partial charge in [0.15, 0.2) is 0 Å². The molecule has 0 atom stereocenters. The molecule has 10 heteroatoms. The van der Waals surface area contributed by atoms with E-state index in [1.807, 2.05) is 27.0 Å². The fraction of sp³-hybridized carbons (Fsp3) is 0.367. The smallest absolute Gasteiger partial charge is 0.239 e. The highest BCUT2D eigenvalue weighted by atomic mass is 19.1. The predicted molar refractivity (Wildman–Crippen MR) is 152 cm³/mol. The van der Waals surface area contributed by atoms with Gasteiger partial charge in [-0.15, -0.1) is 0 Å². The van der Waals surface area contributed by atoms with E-state index in [0.29, 0.717) is 46.8 Å². The first kappa shape index (κ1) is 27.5. The van der Waals surface area contributed by atoms with Crippen molar-refractivity contribution in [1.29, 1.82) is 0 Å². The molecule has 1 saturated heterocycles. The quantitative estimate of drug-likeness (QED) is 0.259. The Hall–Kier alpha value is -4.05. The summed E-state index contributed by atoms with van der Waals surface area (Å²) >= 11 is 0. The van der Waals surface area contributed by atoms with E-state index in [1.165, 1.54) is 6.07 Å². The summed E-state index contributed by atoms with van der Waals surface area (Å²) < 4.78 is 36.5. The van der Waals surface area contributed by atoms with E-state index in [2.05, 4.69) is 32.4 Å². The molecule has 2 aromatic carbocycles. The van der Waals surface area contributed by atoms with E-state index in [0.717, 1.165) is 37.5 Å². The third kappa shape index (κ3) is 6.22. The number of nitrogens with one attached hydrogen (secondary N) is 2. The highest BCUT2D eigenvalue weighted by Gasteiger charge is 2.19. The first-order valence-corrected chi connectivity index (χ1v) is 13.5. The summed E-state index contributed by atoms with van der Waals surface area (Å²) in [5, 5.41) is 5.86. The number of imidazole rings is 1. The number of piperidine rings is 1. The largest absolute Gasteiger partial charge is 0.457 e. The molecule has 0 bridgehead atoms. The molecule has 0 spiro atoms. The lowest BCUT2D eigenvalue weighted by Crippen LogP contribution is -2.38. The Morgan fingerprint density at radius 1 is 1.07 bits per heavy atom. The summed E-state index contributed by atoms with van der Waals surface area (Å²) in [6.45, 7) is 8.14. The van der Waals surface area contributed by atoms with Crippen LogP contribution in [0.1, 0.15) is 45.1 Å². The van der Waals surface area contributed by atoms with E-state index in [9.17, 15) is 13.6 Å². The van der Waals surface area contributed by atoms with Crippen molar-refractivity contribution in [1.82, 2.24) is 19.4 Å². The molecule has 3 heterocycles. The molecule has 0 saturated carbocycles. The molecule has 0 unspecified atom stereocenters. The molecule has 1 aliphatic heterocycles. The number of fused-ring (bicyclic) bond motifs is 1. The molecule has 5 rings (SSSR count). The first-order valence-electron chi connectivity index (χ1n) is 13.5. The third-order valence-corrected chi connectivity index (χ3v) is 7.29. The fourth-order valence-electron chi connectivity index (χ4n) is 4.86. The number of halogens is 2. The zero-order valence-electron chi connectivity index (χ0n) is 23.2. The second-order valence-electron chi connectivity index (χ2n) is 10.8. The number of amides is 1. The van der Waals surface area contributed by atoms with Crippen molar-refractivity contribution < 1.29 is 18.3 Å². The minimum atomic E-state index is -0.691. The minimum Gasteiger partial charge on any atom is -0.457 e. The molecule has 40 heavy (non-hydrogen) atoms. The predicted octanol–water partition coefficient (Wildman–Crippen LogP) is 6.58. The number of ether oxygens (including phenoxy) is 1. The standard InChI is InChI=1S/C30H34F2N6O2/c1-18(2)22-15-25(24(32)16-23(22)31)34-30-35-26-13-20(5-6-27(26)37(30)4)40-21-7-10-33-28(14-21)36-29(39)17-38-11-8-19(3)9-12-38/h5-7,10,13-16,18-19H,8-9,11-12,17H2,1-4H3,(H,34,35)(H,33,36,39). The van der Waals surface area contributed by atoms with Crippen LogP contribution >= 0.6 is 0 Å². The maximum atomic E-state index is 14.5. The summed E-state index contributed by atoms with van der Waals surface area (Å²) in [7, 11) is 1.81. The summed E-state index contributed by atoms with van der Waals surface area (Å²) in [5.41, 5.74) is 2.01. The van der Waals surface area contributed by atoms with Crippen LogP contribution in [0.4, 0.5) is 26.2 Å². The minimum absolute atomic E-state index is 0.0955. The van der Waals surface area contributed by atoms with Crippen LogP contribution in [0.15, 0.2) is 48.7 Å². The van der Waals surface area contributed by atoms with Gasteiger partial charge in [-0.25, -0.2) is 18.7 Å². The lowest BCUT2D eigenvalue weighted by molar-refractivity contribution is -0.117. The molecule has 0 radical (unpaired) electrons. The lowest BCUT2D eigenvalue weighted by atomic mass is 9.99. The van der Waals surface area contributed by atoms with E-state index in [4.69, 9.17) is 4.74 Å². The molecular formula is C30H34F2N6O2. The van der Waals surface area contributed by atoms with E-state index in [-0.39, 0.29) is 17.5 Å². The van der Waals surface area contributed by atoms with Gasteiger partial charge in [0.2, 0.25) is 11.9 Å². The van der Waals surface area contributed by atoms with Crippen LogP contribution in [0.2, 0.25) is 0 Å². The monoisotopic (exact) mass is 548 g/mol. The van der Waals surface area contributed by atoms with Gasteiger partial charge in [0.1, 0.15) is 29.0 Å². The summed E-state index contributed by atoms with van der Waals surface area (Å²) in [4.78, 5) is 23.6. The molecule has 1 aliphatic rings. The van der Waals surface area contributed by atoms with Crippen LogP contribution in [0.3, 0.4) is 0 Å². The van der Waals surface area contributed by atoms with Gasteiger partial charge >= 0.3 is 0 Å². The Balaban J connectivity index is 1.28. The van der Waals surface area contributed by atoms with Gasteiger partial charge in [-0.05, 0) is 67.6 Å². The normalized spacial score (nSPS) is 14.6. The summed E-state index contributed by atoms with van der Waals surface area (Å²) in [6.07, 6.45) is 3.79. The van der Waals surface area contributed by atoms with Crippen molar-refractivity contribution in [2.75, 3.05) is 30.3 Å². The number of nitrogens with zero attached hydrogens (tertiary/aromatic N) is 4. The van der Waals surface area contributed by atoms with Gasteiger partial charge in [0, 0.05) is 31.4 Å². The number of pyridine rings is 1. The molecule has 210 valence electrons. The van der Waals surface area contributed by atoms with Crippen LogP contribution in [0.25, 0.3) is 11.0 Å². The Labute approximate surface area is 232 Å². The van der Waals surface area contributed by atoms with Crippen LogP contribution in [0, 0.1) is 17.6 Å². The number of hydrogen-bond acceptors (Lipinski definition) is 6. The van der Waals surface area contributed by atoms with Crippen molar-refractivity contribution >= 4 is 34.4 Å². The van der Waals surface area contributed by atoms with Crippen molar-refractivity contribution in [3.8, 4) is 11.5 Å². The third-order valence-electron chi connectivity index (χ3n) is 7.29. The van der Waals surface area contributed by atoms with Crippen LogP contribution in [-0.2, 0) is 11.8 Å². The zero-order valence-corrected chi connectivity index (χ0v) is 23.2. The van der Waals surface area contributed by atoms with Crippen molar-refractivity contribution in [3.05, 3.63) is 65.9 Å². The van der Waals surface area contributed by atoms with Gasteiger partial charge in [-0.3, -0.25) is 9.69 Å². The molecule has 1 fully saturated rings. The Morgan fingerprint density at radius 3 is 2.58 bits per heavy atom. The maximum absolute atomic E-state index is 14.5. The first-order chi connectivity index (χ1) is 19.2. The Kier molecular flexibility index (Phi) is 7.97. The average molecular weight is 549 g/mol. The molecule has 2 N–H and O–H groups in total. The zero-order chi connectivity index (χ0) is 28.4. The van der Waals surface area contributed by atoms with Crippen LogP contribution < -0.4 is 15.4 Å². The van der Waals surface area contributed by atoms with Gasteiger partial charge in [-0.1, -0.05) is 20.8 Å². The molecule has 1 amide bonds. The van der Waals surface area contributed by atoms with E-state index < -0.39 is 11.6 Å². The van der Waals surface area contributed by atoms with Gasteiger partial charge in [-0.2, -0.15) is 0 Å². The summed E-state index contributed by atoms with van der Waals surface area (Å²) in [6, 6.07) is 11.2. The van der Waals surface area contributed by atoms with Crippen LogP contribution in [0.5, 0.6) is 11.5 Å². The topological polar surface area (TPSA) is 84.3 Å². The number of aryl methyl sites for hydroxylation is 1. The molecule has 8 nitrogen and oxygen atoms in total. The van der Waals surface area contributed by atoms with Gasteiger partial charge < -0.3 is 19.9 Å². The number of rotatable bonds is 8. The second-order valence-corrected chi connectivity index (χ2v) is 10.8. The fourth-order valence-corrected chi connectivity index (χ4v) is 4.86. The van der Waals surface area contributed by atoms with Crippen LogP contribution in [-0.4, -0.2) is 45.0 Å². The number of anilines is 3. The van der Waals surface area contributed by atoms with E-state index >= 15 is 0 Å².